The standard InChI is InChI=1S/C10H15NO3/c1-4-5-7-8(6(2)12)10(3,14)11-9(7)13/h14H,4-5H2,1-3H3,(H,11,13). The van der Waals surface area contributed by atoms with E-state index in [2.05, 4.69) is 5.32 Å². The third kappa shape index (κ3) is 1.70. The topological polar surface area (TPSA) is 66.4 Å². The van der Waals surface area contributed by atoms with Gasteiger partial charge in [0, 0.05) is 5.57 Å². The zero-order chi connectivity index (χ0) is 10.9. The summed E-state index contributed by atoms with van der Waals surface area (Å²) in [5.41, 5.74) is -0.859. The minimum Gasteiger partial charge on any atom is -0.367 e. The number of amides is 1. The van der Waals surface area contributed by atoms with Crippen LogP contribution in [0.4, 0.5) is 0 Å². The van der Waals surface area contributed by atoms with Gasteiger partial charge >= 0.3 is 0 Å². The zero-order valence-corrected chi connectivity index (χ0v) is 8.68. The first-order chi connectivity index (χ1) is 6.40. The van der Waals surface area contributed by atoms with Crippen molar-refractivity contribution in [2.75, 3.05) is 0 Å². The molecule has 1 atom stereocenters. The molecule has 1 amide bonds. The van der Waals surface area contributed by atoms with E-state index in [0.717, 1.165) is 6.42 Å². The predicted molar refractivity (Wildman–Crippen MR) is 51.4 cm³/mol. The fourth-order valence-corrected chi connectivity index (χ4v) is 1.81. The van der Waals surface area contributed by atoms with Gasteiger partial charge in [-0.1, -0.05) is 13.3 Å². The third-order valence-electron chi connectivity index (χ3n) is 2.27. The lowest BCUT2D eigenvalue weighted by Gasteiger charge is -2.19. The SMILES string of the molecule is CCCC1=C(C(C)=O)C(C)(O)NC1=O. The number of Topliss-reactive ketones (excluding diaryl/α,β-unsaturated/α-hetero) is 1. The molecule has 0 saturated heterocycles. The molecule has 0 bridgehead atoms. The van der Waals surface area contributed by atoms with Crippen molar-refractivity contribution in [1.82, 2.24) is 5.32 Å². The summed E-state index contributed by atoms with van der Waals surface area (Å²) in [4.78, 5) is 22.7. The van der Waals surface area contributed by atoms with Crippen molar-refractivity contribution >= 4 is 11.7 Å². The Hall–Kier alpha value is -1.16. The number of ketones is 1. The molecule has 2 N–H and O–H groups in total. The van der Waals surface area contributed by atoms with E-state index in [9.17, 15) is 14.7 Å². The molecule has 1 heterocycles. The number of nitrogens with one attached hydrogen (secondary N) is 1. The highest BCUT2D eigenvalue weighted by Crippen LogP contribution is 2.28. The van der Waals surface area contributed by atoms with Gasteiger partial charge in [0.15, 0.2) is 11.5 Å². The van der Waals surface area contributed by atoms with Gasteiger partial charge < -0.3 is 10.4 Å². The van der Waals surface area contributed by atoms with Gasteiger partial charge in [0.05, 0.1) is 5.57 Å². The molecule has 14 heavy (non-hydrogen) atoms. The Morgan fingerprint density at radius 1 is 1.57 bits per heavy atom. The van der Waals surface area contributed by atoms with Crippen molar-refractivity contribution in [3.63, 3.8) is 0 Å². The van der Waals surface area contributed by atoms with E-state index in [1.54, 1.807) is 0 Å². The van der Waals surface area contributed by atoms with Crippen molar-refractivity contribution in [1.29, 1.82) is 0 Å². The molecule has 0 radical (unpaired) electrons. The van der Waals surface area contributed by atoms with E-state index in [1.165, 1.54) is 13.8 Å². The third-order valence-corrected chi connectivity index (χ3v) is 2.27. The highest BCUT2D eigenvalue weighted by atomic mass is 16.3. The van der Waals surface area contributed by atoms with Crippen LogP contribution in [0, 0.1) is 0 Å². The van der Waals surface area contributed by atoms with Crippen LogP contribution in [0.15, 0.2) is 11.1 Å². The fraction of sp³-hybridized carbons (Fsp3) is 0.600. The van der Waals surface area contributed by atoms with Crippen molar-refractivity contribution < 1.29 is 14.7 Å². The highest BCUT2D eigenvalue weighted by molar-refractivity contribution is 6.09. The molecular formula is C10H15NO3. The van der Waals surface area contributed by atoms with E-state index in [0.29, 0.717) is 12.0 Å². The summed E-state index contributed by atoms with van der Waals surface area (Å²) in [5, 5.41) is 12.2. The molecule has 1 aliphatic heterocycles. The predicted octanol–water partition coefficient (Wildman–Crippen LogP) is 0.510. The van der Waals surface area contributed by atoms with Crippen LogP contribution in [0.5, 0.6) is 0 Å². The normalized spacial score (nSPS) is 26.7. The number of carbonyl (C=O) groups is 2. The second kappa shape index (κ2) is 3.53. The van der Waals surface area contributed by atoms with Crippen LogP contribution in [-0.2, 0) is 9.59 Å². The molecule has 0 aromatic rings. The smallest absolute Gasteiger partial charge is 0.250 e. The summed E-state index contributed by atoms with van der Waals surface area (Å²) in [6.45, 7) is 4.70. The lowest BCUT2D eigenvalue weighted by molar-refractivity contribution is -0.120. The first-order valence-corrected chi connectivity index (χ1v) is 4.69. The molecule has 1 aliphatic rings. The lowest BCUT2D eigenvalue weighted by Crippen LogP contribution is -2.42. The van der Waals surface area contributed by atoms with E-state index in [-0.39, 0.29) is 17.3 Å². The van der Waals surface area contributed by atoms with Gasteiger partial charge in [-0.05, 0) is 20.3 Å². The summed E-state index contributed by atoms with van der Waals surface area (Å²) >= 11 is 0. The number of aliphatic hydroxyl groups is 1. The first kappa shape index (κ1) is 10.9. The number of hydrogen-bond donors (Lipinski definition) is 2. The van der Waals surface area contributed by atoms with E-state index >= 15 is 0 Å². The summed E-state index contributed by atoms with van der Waals surface area (Å²) in [6, 6.07) is 0. The Bertz CT molecular complexity index is 315. The Morgan fingerprint density at radius 3 is 2.57 bits per heavy atom. The molecule has 0 saturated carbocycles. The average Bonchev–Trinajstić information content (AvgIpc) is 2.21. The van der Waals surface area contributed by atoms with Crippen LogP contribution in [0.2, 0.25) is 0 Å². The molecule has 0 spiro atoms. The van der Waals surface area contributed by atoms with Crippen LogP contribution in [0.1, 0.15) is 33.6 Å². The van der Waals surface area contributed by atoms with Crippen molar-refractivity contribution in [2.45, 2.75) is 39.3 Å². The Labute approximate surface area is 83.0 Å². The number of carbonyl (C=O) groups excluding carboxylic acids is 2. The van der Waals surface area contributed by atoms with Gasteiger partial charge in [0.2, 0.25) is 5.91 Å². The minimum absolute atomic E-state index is 0.212. The molecule has 4 heteroatoms. The van der Waals surface area contributed by atoms with Crippen LogP contribution < -0.4 is 5.32 Å². The summed E-state index contributed by atoms with van der Waals surface area (Å²) in [6.07, 6.45) is 1.30. The molecule has 0 aliphatic carbocycles. The second-order valence-corrected chi connectivity index (χ2v) is 3.69. The molecular weight excluding hydrogens is 182 g/mol. The zero-order valence-electron chi connectivity index (χ0n) is 8.68. The van der Waals surface area contributed by atoms with Crippen molar-refractivity contribution in [3.05, 3.63) is 11.1 Å². The minimum atomic E-state index is -1.49. The van der Waals surface area contributed by atoms with Gasteiger partial charge in [-0.3, -0.25) is 9.59 Å². The Morgan fingerprint density at radius 2 is 2.14 bits per heavy atom. The largest absolute Gasteiger partial charge is 0.367 e. The molecule has 1 rings (SSSR count). The van der Waals surface area contributed by atoms with Crippen LogP contribution in [0.3, 0.4) is 0 Å². The van der Waals surface area contributed by atoms with E-state index in [1.807, 2.05) is 6.92 Å². The second-order valence-electron chi connectivity index (χ2n) is 3.69. The lowest BCUT2D eigenvalue weighted by atomic mass is 9.97. The summed E-state index contributed by atoms with van der Waals surface area (Å²) in [5.74, 6) is -0.584. The molecule has 0 aromatic heterocycles. The first-order valence-electron chi connectivity index (χ1n) is 4.69. The van der Waals surface area contributed by atoms with Gasteiger partial charge in [0.25, 0.3) is 0 Å². The molecule has 1 unspecified atom stereocenters. The maximum absolute atomic E-state index is 11.4. The molecule has 0 fully saturated rings. The van der Waals surface area contributed by atoms with Crippen molar-refractivity contribution in [2.24, 2.45) is 0 Å². The average molecular weight is 197 g/mol. The Balaban J connectivity index is 3.18. The highest BCUT2D eigenvalue weighted by Gasteiger charge is 2.41. The van der Waals surface area contributed by atoms with Gasteiger partial charge in [-0.25, -0.2) is 0 Å². The molecule has 4 nitrogen and oxygen atoms in total. The summed E-state index contributed by atoms with van der Waals surface area (Å²) < 4.78 is 0. The monoisotopic (exact) mass is 197 g/mol. The molecule has 78 valence electrons. The maximum atomic E-state index is 11.4. The van der Waals surface area contributed by atoms with Gasteiger partial charge in [0.1, 0.15) is 0 Å². The van der Waals surface area contributed by atoms with Crippen LogP contribution in [-0.4, -0.2) is 22.5 Å². The van der Waals surface area contributed by atoms with Gasteiger partial charge in [-0.15, -0.1) is 0 Å². The van der Waals surface area contributed by atoms with E-state index in [4.69, 9.17) is 0 Å². The molecule has 0 aromatic carbocycles. The Kier molecular flexibility index (Phi) is 2.76. The fourth-order valence-electron chi connectivity index (χ4n) is 1.81. The van der Waals surface area contributed by atoms with E-state index < -0.39 is 5.72 Å². The quantitative estimate of drug-likeness (QED) is 0.692. The maximum Gasteiger partial charge on any atom is 0.250 e. The summed E-state index contributed by atoms with van der Waals surface area (Å²) in [7, 11) is 0. The van der Waals surface area contributed by atoms with Gasteiger partial charge in [-0.2, -0.15) is 0 Å². The van der Waals surface area contributed by atoms with Crippen molar-refractivity contribution in [3.8, 4) is 0 Å². The van der Waals surface area contributed by atoms with Crippen LogP contribution >= 0.6 is 0 Å². The number of rotatable bonds is 3. The number of hydrogen-bond acceptors (Lipinski definition) is 3. The van der Waals surface area contributed by atoms with Crippen LogP contribution in [0.25, 0.3) is 0 Å².